The molecule has 0 radical (unpaired) electrons. The number of piperidine rings is 1. The number of fused-ring (bicyclic) bond motifs is 2. The molecule has 0 atom stereocenters. The Hall–Kier alpha value is -3.68. The van der Waals surface area contributed by atoms with E-state index in [1.54, 1.807) is 18.4 Å². The van der Waals surface area contributed by atoms with Crippen molar-refractivity contribution in [2.24, 2.45) is 0 Å². The minimum Gasteiger partial charge on any atom is -0.497 e. The van der Waals surface area contributed by atoms with Crippen LogP contribution in [0.3, 0.4) is 0 Å². The Morgan fingerprint density at radius 1 is 0.892 bits per heavy atom. The fourth-order valence-electron chi connectivity index (χ4n) is 4.93. The molecule has 6 nitrogen and oxygen atoms in total. The van der Waals surface area contributed by atoms with E-state index >= 15 is 0 Å². The normalized spacial score (nSPS) is 14.3. The lowest BCUT2D eigenvalue weighted by Crippen LogP contribution is -2.33. The third-order valence-corrected chi connectivity index (χ3v) is 8.14. The van der Waals surface area contributed by atoms with Crippen molar-refractivity contribution < 1.29 is 19.3 Å². The molecule has 0 unspecified atom stereocenters. The second-order valence-electron chi connectivity index (χ2n) is 9.39. The molecule has 3 aromatic carbocycles. The molecule has 1 aliphatic heterocycles. The Balaban J connectivity index is 1.26. The van der Waals surface area contributed by atoms with Gasteiger partial charge < -0.3 is 24.3 Å². The van der Waals surface area contributed by atoms with Crippen LogP contribution in [0.2, 0.25) is 0 Å². The number of likely N-dealkylation sites (tertiary alicyclic amines) is 1. The van der Waals surface area contributed by atoms with Crippen molar-refractivity contribution in [1.82, 2.24) is 9.88 Å². The van der Waals surface area contributed by atoms with Crippen LogP contribution < -0.4 is 14.2 Å². The number of benzene rings is 3. The van der Waals surface area contributed by atoms with Gasteiger partial charge in [-0.15, -0.1) is 11.3 Å². The lowest BCUT2D eigenvalue weighted by molar-refractivity contribution is 0.183. The van der Waals surface area contributed by atoms with Gasteiger partial charge in [0.2, 0.25) is 0 Å². The number of methoxy groups -OCH3 is 1. The van der Waals surface area contributed by atoms with E-state index in [1.165, 1.54) is 32.4 Å². The first-order valence-electron chi connectivity index (χ1n) is 12.7. The molecule has 2 N–H and O–H groups in total. The van der Waals surface area contributed by atoms with Gasteiger partial charge >= 0.3 is 0 Å². The number of ether oxygens (including phenoxy) is 3. The molecule has 6 rings (SSSR count). The first-order valence-corrected chi connectivity index (χ1v) is 13.5. The van der Waals surface area contributed by atoms with Crippen LogP contribution in [-0.2, 0) is 0 Å². The molecule has 0 saturated carbocycles. The van der Waals surface area contributed by atoms with Crippen LogP contribution in [0.25, 0.3) is 31.3 Å². The van der Waals surface area contributed by atoms with Crippen molar-refractivity contribution in [2.75, 3.05) is 33.4 Å². The summed E-state index contributed by atoms with van der Waals surface area (Å²) in [6.07, 6.45) is 5.74. The third-order valence-electron chi connectivity index (χ3n) is 6.95. The fourth-order valence-corrected chi connectivity index (χ4v) is 6.09. The Bertz CT molecular complexity index is 1520. The number of hydrogen-bond donors (Lipinski definition) is 2. The standard InChI is InChI=1S/C30H30N2O4S/c1-34-24-10-12-26-27(18-24)37-29(20-5-11-25-21(17-20)19-31-30(25)33)28(26)36-23-8-6-22(7-9-23)35-16-15-32-13-3-2-4-14-32/h5-12,17-19,31,33H,2-4,13-16H2,1H3. The molecule has 0 aliphatic carbocycles. The SMILES string of the molecule is COc1ccc2c(Oc3ccc(OCCN4CCCCC4)cc3)c(-c3ccc4c(O)[nH]cc4c3)sc2c1. The molecule has 1 saturated heterocycles. The summed E-state index contributed by atoms with van der Waals surface area (Å²) >= 11 is 1.66. The average molecular weight is 515 g/mol. The van der Waals surface area contributed by atoms with Crippen molar-refractivity contribution in [1.29, 1.82) is 0 Å². The fraction of sp³-hybridized carbons (Fsp3) is 0.267. The summed E-state index contributed by atoms with van der Waals surface area (Å²) in [5.74, 6) is 3.39. The van der Waals surface area contributed by atoms with Crippen molar-refractivity contribution >= 4 is 32.2 Å². The molecule has 3 heterocycles. The van der Waals surface area contributed by atoms with Gasteiger partial charge in [-0.25, -0.2) is 0 Å². The first kappa shape index (κ1) is 23.7. The maximum atomic E-state index is 10.0. The smallest absolute Gasteiger partial charge is 0.196 e. The molecule has 0 bridgehead atoms. The molecule has 1 fully saturated rings. The Morgan fingerprint density at radius 3 is 2.46 bits per heavy atom. The Morgan fingerprint density at radius 2 is 1.65 bits per heavy atom. The van der Waals surface area contributed by atoms with Crippen LogP contribution in [0.4, 0.5) is 0 Å². The largest absolute Gasteiger partial charge is 0.497 e. The maximum absolute atomic E-state index is 10.0. The van der Waals surface area contributed by atoms with E-state index < -0.39 is 0 Å². The van der Waals surface area contributed by atoms with Gasteiger partial charge in [-0.2, -0.15) is 0 Å². The van der Waals surface area contributed by atoms with Gasteiger partial charge in [0.25, 0.3) is 0 Å². The number of H-pyrrole nitrogens is 1. The minimum absolute atomic E-state index is 0.178. The van der Waals surface area contributed by atoms with Crippen LogP contribution in [0, 0.1) is 0 Å². The first-order chi connectivity index (χ1) is 18.2. The number of aromatic hydroxyl groups is 1. The van der Waals surface area contributed by atoms with Crippen molar-refractivity contribution in [2.45, 2.75) is 19.3 Å². The highest BCUT2D eigenvalue weighted by Gasteiger charge is 2.18. The molecular formula is C30H30N2O4S. The molecule has 7 heteroatoms. The van der Waals surface area contributed by atoms with E-state index in [0.717, 1.165) is 60.8 Å². The van der Waals surface area contributed by atoms with Crippen LogP contribution in [-0.4, -0.2) is 48.3 Å². The van der Waals surface area contributed by atoms with E-state index in [9.17, 15) is 5.11 Å². The van der Waals surface area contributed by atoms with Crippen LogP contribution in [0.5, 0.6) is 28.9 Å². The quantitative estimate of drug-likeness (QED) is 0.226. The highest BCUT2D eigenvalue weighted by atomic mass is 32.1. The maximum Gasteiger partial charge on any atom is 0.196 e. The summed E-state index contributed by atoms with van der Waals surface area (Å²) in [5, 5.41) is 12.8. The predicted molar refractivity (Wildman–Crippen MR) is 150 cm³/mol. The summed E-state index contributed by atoms with van der Waals surface area (Å²) in [6, 6.07) is 19.9. The summed E-state index contributed by atoms with van der Waals surface area (Å²) in [7, 11) is 1.68. The predicted octanol–water partition coefficient (Wildman–Crippen LogP) is 7.42. The van der Waals surface area contributed by atoms with E-state index in [4.69, 9.17) is 14.2 Å². The summed E-state index contributed by atoms with van der Waals surface area (Å²) < 4.78 is 19.0. The third kappa shape index (κ3) is 4.97. The molecule has 0 amide bonds. The number of nitrogens with one attached hydrogen (secondary N) is 1. The zero-order valence-corrected chi connectivity index (χ0v) is 21.6. The highest BCUT2D eigenvalue weighted by Crippen LogP contribution is 2.48. The summed E-state index contributed by atoms with van der Waals surface area (Å²) in [6.45, 7) is 4.02. The lowest BCUT2D eigenvalue weighted by atomic mass is 10.1. The summed E-state index contributed by atoms with van der Waals surface area (Å²) in [5.41, 5.74) is 1.03. The molecule has 190 valence electrons. The van der Waals surface area contributed by atoms with E-state index in [1.807, 2.05) is 60.8 Å². The number of nitrogens with zero attached hydrogens (tertiary/aromatic N) is 1. The van der Waals surface area contributed by atoms with Gasteiger partial charge in [-0.1, -0.05) is 12.5 Å². The van der Waals surface area contributed by atoms with Crippen LogP contribution in [0.15, 0.2) is 66.9 Å². The number of thiophene rings is 1. The van der Waals surface area contributed by atoms with Gasteiger partial charge in [-0.3, -0.25) is 4.90 Å². The topological polar surface area (TPSA) is 66.9 Å². The van der Waals surface area contributed by atoms with E-state index in [0.29, 0.717) is 6.61 Å². The molecule has 5 aromatic rings. The average Bonchev–Trinajstić information content (AvgIpc) is 3.49. The molecule has 2 aromatic heterocycles. The van der Waals surface area contributed by atoms with Crippen LogP contribution in [0.1, 0.15) is 19.3 Å². The van der Waals surface area contributed by atoms with Gasteiger partial charge in [0.15, 0.2) is 11.6 Å². The zero-order chi connectivity index (χ0) is 25.2. The zero-order valence-electron chi connectivity index (χ0n) is 20.8. The second-order valence-corrected chi connectivity index (χ2v) is 10.4. The number of aromatic amines is 1. The minimum atomic E-state index is 0.178. The van der Waals surface area contributed by atoms with Gasteiger partial charge in [0.1, 0.15) is 23.9 Å². The number of hydrogen-bond acceptors (Lipinski definition) is 6. The second kappa shape index (κ2) is 10.4. The Kier molecular flexibility index (Phi) is 6.64. The van der Waals surface area contributed by atoms with Gasteiger partial charge in [0, 0.05) is 33.6 Å². The summed E-state index contributed by atoms with van der Waals surface area (Å²) in [4.78, 5) is 6.38. The number of aromatic nitrogens is 1. The molecular weight excluding hydrogens is 484 g/mol. The molecule has 1 aliphatic rings. The van der Waals surface area contributed by atoms with Crippen molar-refractivity contribution in [3.05, 3.63) is 66.9 Å². The van der Waals surface area contributed by atoms with Gasteiger partial charge in [-0.05, 0) is 86.1 Å². The molecule has 37 heavy (non-hydrogen) atoms. The van der Waals surface area contributed by atoms with Gasteiger partial charge in [0.05, 0.1) is 12.0 Å². The highest BCUT2D eigenvalue weighted by molar-refractivity contribution is 7.22. The monoisotopic (exact) mass is 514 g/mol. The van der Waals surface area contributed by atoms with Crippen LogP contribution >= 0.6 is 11.3 Å². The van der Waals surface area contributed by atoms with E-state index in [-0.39, 0.29) is 5.88 Å². The lowest BCUT2D eigenvalue weighted by Gasteiger charge is -2.26. The van der Waals surface area contributed by atoms with Crippen molar-refractivity contribution in [3.8, 4) is 39.3 Å². The number of rotatable bonds is 8. The Labute approximate surface area is 220 Å². The molecule has 0 spiro atoms. The van der Waals surface area contributed by atoms with E-state index in [2.05, 4.69) is 16.0 Å². The van der Waals surface area contributed by atoms with Crippen molar-refractivity contribution in [3.63, 3.8) is 0 Å².